The molecule has 2 aromatic rings. The highest BCUT2D eigenvalue weighted by Gasteiger charge is 2.14. The van der Waals surface area contributed by atoms with E-state index < -0.39 is 12.1 Å². The zero-order valence-electron chi connectivity index (χ0n) is 10.5. The first kappa shape index (κ1) is 14.6. The Hall–Kier alpha value is -1.85. The summed E-state index contributed by atoms with van der Waals surface area (Å²) >= 11 is 3.26. The Labute approximate surface area is 124 Å². The highest BCUT2D eigenvalue weighted by atomic mass is 79.9. The molecule has 0 aliphatic heterocycles. The fourth-order valence-electron chi connectivity index (χ4n) is 1.73. The van der Waals surface area contributed by atoms with E-state index in [1.165, 1.54) is 6.07 Å². The molecule has 1 atom stereocenters. The van der Waals surface area contributed by atoms with Crippen LogP contribution in [-0.2, 0) is 0 Å². The van der Waals surface area contributed by atoms with E-state index in [2.05, 4.69) is 15.9 Å². The Morgan fingerprint density at radius 2 is 1.90 bits per heavy atom. The Morgan fingerprint density at radius 1 is 1.20 bits per heavy atom. The first-order valence-electron chi connectivity index (χ1n) is 5.96. The van der Waals surface area contributed by atoms with Crippen LogP contribution in [0.4, 0.5) is 0 Å². The smallest absolute Gasteiger partial charge is 0.339 e. The molecule has 0 fully saturated rings. The lowest BCUT2D eigenvalue weighted by atomic mass is 10.1. The second-order valence-corrected chi connectivity index (χ2v) is 5.10. The lowest BCUT2D eigenvalue weighted by molar-refractivity contribution is 0.0683. The predicted octanol–water partition coefficient (Wildman–Crippen LogP) is 3.26. The Morgan fingerprint density at radius 3 is 2.55 bits per heavy atom. The fourth-order valence-corrected chi connectivity index (χ4v) is 2.07. The van der Waals surface area contributed by atoms with Gasteiger partial charge in [0.25, 0.3) is 0 Å². The van der Waals surface area contributed by atoms with E-state index in [1.807, 2.05) is 18.2 Å². The van der Waals surface area contributed by atoms with Crippen molar-refractivity contribution in [3.05, 3.63) is 64.1 Å². The summed E-state index contributed by atoms with van der Waals surface area (Å²) in [5.41, 5.74) is 0.785. The standard InChI is InChI=1S/C15H13BrO4/c16-11-6-7-12(15(18)19)14(8-11)20-9-13(17)10-4-2-1-3-5-10/h1-8,13,17H,9H2,(H,18,19). The van der Waals surface area contributed by atoms with Crippen LogP contribution in [0.15, 0.2) is 53.0 Å². The Bertz CT molecular complexity index is 598. The average molecular weight is 337 g/mol. The van der Waals surface area contributed by atoms with E-state index in [-0.39, 0.29) is 17.9 Å². The lowest BCUT2D eigenvalue weighted by Crippen LogP contribution is -2.11. The number of aliphatic hydroxyl groups is 1. The molecule has 1 unspecified atom stereocenters. The van der Waals surface area contributed by atoms with E-state index in [9.17, 15) is 9.90 Å². The maximum Gasteiger partial charge on any atom is 0.339 e. The van der Waals surface area contributed by atoms with Gasteiger partial charge in [-0.15, -0.1) is 0 Å². The summed E-state index contributed by atoms with van der Waals surface area (Å²) in [6.07, 6.45) is -0.808. The van der Waals surface area contributed by atoms with Crippen molar-refractivity contribution in [3.8, 4) is 5.75 Å². The molecule has 0 heterocycles. The maximum absolute atomic E-state index is 11.1. The van der Waals surface area contributed by atoms with Crippen LogP contribution in [0.3, 0.4) is 0 Å². The molecule has 20 heavy (non-hydrogen) atoms. The van der Waals surface area contributed by atoms with E-state index in [0.717, 1.165) is 5.56 Å². The van der Waals surface area contributed by atoms with Gasteiger partial charge in [0.15, 0.2) is 0 Å². The van der Waals surface area contributed by atoms with Gasteiger partial charge in [0.1, 0.15) is 24.0 Å². The molecule has 104 valence electrons. The molecular formula is C15H13BrO4. The number of rotatable bonds is 5. The molecular weight excluding hydrogens is 324 g/mol. The number of benzene rings is 2. The summed E-state index contributed by atoms with van der Waals surface area (Å²) in [5.74, 6) is -0.844. The van der Waals surface area contributed by atoms with Crippen molar-refractivity contribution in [2.45, 2.75) is 6.10 Å². The second-order valence-electron chi connectivity index (χ2n) is 4.18. The lowest BCUT2D eigenvalue weighted by Gasteiger charge is -2.14. The molecule has 0 spiro atoms. The minimum atomic E-state index is -1.07. The topological polar surface area (TPSA) is 66.8 Å². The zero-order chi connectivity index (χ0) is 14.5. The first-order valence-corrected chi connectivity index (χ1v) is 6.76. The van der Waals surface area contributed by atoms with E-state index in [0.29, 0.717) is 4.47 Å². The van der Waals surface area contributed by atoms with Crippen molar-refractivity contribution in [3.63, 3.8) is 0 Å². The molecule has 5 heteroatoms. The number of carbonyl (C=O) groups is 1. The molecule has 0 aromatic heterocycles. The molecule has 0 aliphatic carbocycles. The molecule has 0 amide bonds. The zero-order valence-corrected chi connectivity index (χ0v) is 12.1. The van der Waals surface area contributed by atoms with Gasteiger partial charge in [0.2, 0.25) is 0 Å². The fraction of sp³-hybridized carbons (Fsp3) is 0.133. The van der Waals surface area contributed by atoms with Crippen LogP contribution < -0.4 is 4.74 Å². The van der Waals surface area contributed by atoms with E-state index in [4.69, 9.17) is 9.84 Å². The Balaban J connectivity index is 2.11. The van der Waals surface area contributed by atoms with Gasteiger partial charge in [-0.1, -0.05) is 46.3 Å². The number of hydrogen-bond donors (Lipinski definition) is 2. The van der Waals surface area contributed by atoms with Crippen molar-refractivity contribution in [1.29, 1.82) is 0 Å². The minimum absolute atomic E-state index is 0.0131. The van der Waals surface area contributed by atoms with Crippen molar-refractivity contribution >= 4 is 21.9 Å². The van der Waals surface area contributed by atoms with Crippen molar-refractivity contribution in [1.82, 2.24) is 0 Å². The predicted molar refractivity (Wildman–Crippen MR) is 78.0 cm³/mol. The average Bonchev–Trinajstić information content (AvgIpc) is 2.45. The number of aliphatic hydroxyl groups excluding tert-OH is 1. The van der Waals surface area contributed by atoms with Gasteiger partial charge < -0.3 is 14.9 Å². The molecule has 2 aromatic carbocycles. The van der Waals surface area contributed by atoms with Crippen LogP contribution in [0.1, 0.15) is 22.0 Å². The van der Waals surface area contributed by atoms with Crippen LogP contribution in [0.5, 0.6) is 5.75 Å². The van der Waals surface area contributed by atoms with Gasteiger partial charge in [-0.05, 0) is 23.8 Å². The van der Waals surface area contributed by atoms with Gasteiger partial charge in [0.05, 0.1) is 0 Å². The highest BCUT2D eigenvalue weighted by molar-refractivity contribution is 9.10. The normalized spacial score (nSPS) is 11.9. The third-order valence-corrected chi connectivity index (χ3v) is 3.25. The largest absolute Gasteiger partial charge is 0.490 e. The van der Waals surface area contributed by atoms with Crippen molar-refractivity contribution < 1.29 is 19.7 Å². The molecule has 0 bridgehead atoms. The van der Waals surface area contributed by atoms with Crippen molar-refractivity contribution in [2.75, 3.05) is 6.61 Å². The third kappa shape index (κ3) is 3.59. The molecule has 2 N–H and O–H groups in total. The summed E-state index contributed by atoms with van der Waals surface area (Å²) in [4.78, 5) is 11.1. The van der Waals surface area contributed by atoms with Gasteiger partial charge in [-0.2, -0.15) is 0 Å². The maximum atomic E-state index is 11.1. The van der Waals surface area contributed by atoms with Crippen LogP contribution in [0, 0.1) is 0 Å². The third-order valence-electron chi connectivity index (χ3n) is 2.76. The molecule has 0 saturated heterocycles. The first-order chi connectivity index (χ1) is 9.58. The van der Waals surface area contributed by atoms with Crippen molar-refractivity contribution in [2.24, 2.45) is 0 Å². The summed E-state index contributed by atoms with van der Waals surface area (Å²) in [6, 6.07) is 13.7. The van der Waals surface area contributed by atoms with Gasteiger partial charge in [-0.3, -0.25) is 0 Å². The molecule has 2 rings (SSSR count). The summed E-state index contributed by atoms with van der Waals surface area (Å²) in [6.45, 7) is -0.0131. The highest BCUT2D eigenvalue weighted by Crippen LogP contribution is 2.25. The minimum Gasteiger partial charge on any atom is -0.490 e. The second kappa shape index (κ2) is 6.54. The van der Waals surface area contributed by atoms with Crippen LogP contribution in [0.25, 0.3) is 0 Å². The van der Waals surface area contributed by atoms with Crippen LogP contribution in [0.2, 0.25) is 0 Å². The van der Waals surface area contributed by atoms with Gasteiger partial charge in [-0.25, -0.2) is 4.79 Å². The van der Waals surface area contributed by atoms with E-state index in [1.54, 1.807) is 24.3 Å². The number of hydrogen-bond acceptors (Lipinski definition) is 3. The number of ether oxygens (including phenoxy) is 1. The quantitative estimate of drug-likeness (QED) is 0.879. The summed E-state index contributed by atoms with van der Waals surface area (Å²) in [5, 5.41) is 19.1. The van der Waals surface area contributed by atoms with Gasteiger partial charge >= 0.3 is 5.97 Å². The van der Waals surface area contributed by atoms with Crippen LogP contribution in [-0.4, -0.2) is 22.8 Å². The van der Waals surface area contributed by atoms with Gasteiger partial charge in [0, 0.05) is 4.47 Å². The van der Waals surface area contributed by atoms with E-state index >= 15 is 0 Å². The summed E-state index contributed by atoms with van der Waals surface area (Å²) < 4.78 is 6.15. The van der Waals surface area contributed by atoms with Crippen LogP contribution >= 0.6 is 15.9 Å². The number of carboxylic acid groups (broad SMARTS) is 1. The molecule has 0 aliphatic rings. The molecule has 0 saturated carbocycles. The number of halogens is 1. The molecule has 4 nitrogen and oxygen atoms in total. The Kier molecular flexibility index (Phi) is 4.76. The molecule has 0 radical (unpaired) electrons. The number of aromatic carboxylic acids is 1. The number of carboxylic acids is 1. The monoisotopic (exact) mass is 336 g/mol. The summed E-state index contributed by atoms with van der Waals surface area (Å²) in [7, 11) is 0. The SMILES string of the molecule is O=C(O)c1ccc(Br)cc1OCC(O)c1ccccc1.